The van der Waals surface area contributed by atoms with E-state index in [4.69, 9.17) is 5.73 Å². The molecule has 1 atom stereocenters. The van der Waals surface area contributed by atoms with Crippen molar-refractivity contribution in [2.24, 2.45) is 5.73 Å². The first kappa shape index (κ1) is 14.6. The minimum Gasteiger partial charge on any atom is -0.329 e. The van der Waals surface area contributed by atoms with Crippen molar-refractivity contribution in [3.63, 3.8) is 0 Å². The summed E-state index contributed by atoms with van der Waals surface area (Å²) in [7, 11) is 1.82. The molecule has 20 heavy (non-hydrogen) atoms. The van der Waals surface area contributed by atoms with Crippen LogP contribution in [0.5, 0.6) is 0 Å². The molecule has 2 N–H and O–H groups in total. The molecule has 2 rings (SSSR count). The van der Waals surface area contributed by atoms with E-state index in [2.05, 4.69) is 0 Å². The fourth-order valence-electron chi connectivity index (χ4n) is 2.30. The second-order valence-electron chi connectivity index (χ2n) is 4.78. The van der Waals surface area contributed by atoms with Crippen molar-refractivity contribution in [3.05, 3.63) is 71.3 Å². The van der Waals surface area contributed by atoms with E-state index < -0.39 is 0 Å². The molecule has 0 saturated carbocycles. The van der Waals surface area contributed by atoms with E-state index >= 15 is 0 Å². The van der Waals surface area contributed by atoms with E-state index in [1.165, 1.54) is 12.1 Å². The lowest BCUT2D eigenvalue weighted by Crippen LogP contribution is -2.31. The van der Waals surface area contributed by atoms with E-state index in [9.17, 15) is 8.78 Å². The summed E-state index contributed by atoms with van der Waals surface area (Å²) < 4.78 is 27.5. The van der Waals surface area contributed by atoms with Gasteiger partial charge in [-0.25, -0.2) is 8.78 Å². The molecule has 106 valence electrons. The van der Waals surface area contributed by atoms with Crippen LogP contribution in [-0.2, 0) is 6.54 Å². The summed E-state index contributed by atoms with van der Waals surface area (Å²) in [5.74, 6) is -0.549. The largest absolute Gasteiger partial charge is 0.329 e. The maximum Gasteiger partial charge on any atom is 0.128 e. The molecule has 2 nitrogen and oxygen atoms in total. The van der Waals surface area contributed by atoms with Crippen LogP contribution >= 0.6 is 0 Å². The Labute approximate surface area is 117 Å². The van der Waals surface area contributed by atoms with E-state index in [0.29, 0.717) is 17.7 Å². The van der Waals surface area contributed by atoms with Crippen molar-refractivity contribution in [1.82, 2.24) is 4.90 Å². The molecule has 0 bridgehead atoms. The molecule has 4 heteroatoms. The number of hydrogen-bond acceptors (Lipinski definition) is 2. The first-order valence-electron chi connectivity index (χ1n) is 6.51. The molecule has 0 heterocycles. The first-order chi connectivity index (χ1) is 9.63. The van der Waals surface area contributed by atoms with Crippen LogP contribution < -0.4 is 5.73 Å². The third-order valence-corrected chi connectivity index (χ3v) is 3.40. The molecular weight excluding hydrogens is 258 g/mol. The predicted molar refractivity (Wildman–Crippen MR) is 76.1 cm³/mol. The molecule has 0 aliphatic rings. The van der Waals surface area contributed by atoms with Crippen LogP contribution in [0.4, 0.5) is 8.78 Å². The van der Waals surface area contributed by atoms with Crippen molar-refractivity contribution in [2.75, 3.05) is 13.6 Å². The molecular formula is C16H18F2N2. The molecule has 0 spiro atoms. The Morgan fingerprint density at radius 1 is 1.00 bits per heavy atom. The third-order valence-electron chi connectivity index (χ3n) is 3.40. The third kappa shape index (κ3) is 3.21. The van der Waals surface area contributed by atoms with Gasteiger partial charge in [-0.2, -0.15) is 0 Å². The Balaban J connectivity index is 2.20. The number of rotatable bonds is 5. The van der Waals surface area contributed by atoms with Crippen LogP contribution in [0.2, 0.25) is 0 Å². The highest BCUT2D eigenvalue weighted by Gasteiger charge is 2.19. The first-order valence-corrected chi connectivity index (χ1v) is 6.51. The number of hydrogen-bond donors (Lipinski definition) is 1. The van der Waals surface area contributed by atoms with Crippen molar-refractivity contribution < 1.29 is 8.78 Å². The maximum atomic E-state index is 13.8. The fraction of sp³-hybridized carbons (Fsp3) is 0.250. The molecule has 2 aromatic carbocycles. The number of likely N-dealkylation sites (N-methyl/N-ethyl adjacent to an activating group) is 1. The SMILES string of the molecule is CN(Cc1ccccc1F)C(CN)c1ccccc1F. The number of nitrogens with two attached hydrogens (primary N) is 1. The van der Waals surface area contributed by atoms with Gasteiger partial charge in [-0.3, -0.25) is 4.90 Å². The number of nitrogens with zero attached hydrogens (tertiary/aromatic N) is 1. The van der Waals surface area contributed by atoms with Crippen LogP contribution in [0, 0.1) is 11.6 Å². The molecule has 1 unspecified atom stereocenters. The Hall–Kier alpha value is -1.78. The van der Waals surface area contributed by atoms with Gasteiger partial charge in [0.15, 0.2) is 0 Å². The van der Waals surface area contributed by atoms with Crippen molar-refractivity contribution in [3.8, 4) is 0 Å². The maximum absolute atomic E-state index is 13.8. The van der Waals surface area contributed by atoms with E-state index in [1.54, 1.807) is 36.4 Å². The number of halogens is 2. The van der Waals surface area contributed by atoms with Gasteiger partial charge in [-0.15, -0.1) is 0 Å². The zero-order chi connectivity index (χ0) is 14.5. The zero-order valence-electron chi connectivity index (χ0n) is 11.4. The van der Waals surface area contributed by atoms with Gasteiger partial charge >= 0.3 is 0 Å². The van der Waals surface area contributed by atoms with Gasteiger partial charge in [0, 0.05) is 30.3 Å². The second-order valence-corrected chi connectivity index (χ2v) is 4.78. The lowest BCUT2D eigenvalue weighted by molar-refractivity contribution is 0.233. The van der Waals surface area contributed by atoms with Gasteiger partial charge in [0.2, 0.25) is 0 Å². The van der Waals surface area contributed by atoms with E-state index in [0.717, 1.165) is 0 Å². The van der Waals surface area contributed by atoms with Crippen molar-refractivity contribution in [1.29, 1.82) is 0 Å². The average Bonchev–Trinajstić information content (AvgIpc) is 2.44. The van der Waals surface area contributed by atoms with E-state index in [-0.39, 0.29) is 24.2 Å². The lowest BCUT2D eigenvalue weighted by Gasteiger charge is -2.27. The molecule has 0 saturated heterocycles. The number of benzene rings is 2. The van der Waals surface area contributed by atoms with Crippen LogP contribution in [0.15, 0.2) is 48.5 Å². The minimum atomic E-state index is -0.289. The van der Waals surface area contributed by atoms with Gasteiger partial charge in [-0.05, 0) is 19.2 Å². The smallest absolute Gasteiger partial charge is 0.128 e. The molecule has 0 fully saturated rings. The summed E-state index contributed by atoms with van der Waals surface area (Å²) >= 11 is 0. The highest BCUT2D eigenvalue weighted by atomic mass is 19.1. The van der Waals surface area contributed by atoms with Gasteiger partial charge < -0.3 is 5.73 Å². The molecule has 2 aromatic rings. The molecule has 0 amide bonds. The summed E-state index contributed by atoms with van der Waals surface area (Å²) in [6.45, 7) is 0.648. The Morgan fingerprint density at radius 2 is 1.60 bits per heavy atom. The van der Waals surface area contributed by atoms with Crippen LogP contribution in [0.25, 0.3) is 0 Å². The highest BCUT2D eigenvalue weighted by Crippen LogP contribution is 2.23. The van der Waals surface area contributed by atoms with Crippen molar-refractivity contribution in [2.45, 2.75) is 12.6 Å². The molecule has 0 radical (unpaired) electrons. The quantitative estimate of drug-likeness (QED) is 0.909. The zero-order valence-corrected chi connectivity index (χ0v) is 11.4. The topological polar surface area (TPSA) is 29.3 Å². The minimum absolute atomic E-state index is 0.261. The predicted octanol–water partition coefficient (Wildman–Crippen LogP) is 3.10. The lowest BCUT2D eigenvalue weighted by atomic mass is 10.0. The summed E-state index contributed by atoms with van der Waals surface area (Å²) in [6, 6.07) is 12.8. The molecule has 0 aliphatic carbocycles. The highest BCUT2D eigenvalue weighted by molar-refractivity contribution is 5.23. The van der Waals surface area contributed by atoms with Gasteiger partial charge in [0.05, 0.1) is 0 Å². The summed E-state index contributed by atoms with van der Waals surface area (Å²) in [4.78, 5) is 1.86. The van der Waals surface area contributed by atoms with Crippen molar-refractivity contribution >= 4 is 0 Å². The fourth-order valence-corrected chi connectivity index (χ4v) is 2.30. The van der Waals surface area contributed by atoms with E-state index in [1.807, 2.05) is 11.9 Å². The van der Waals surface area contributed by atoms with Crippen LogP contribution in [-0.4, -0.2) is 18.5 Å². The molecule has 0 aliphatic heterocycles. The van der Waals surface area contributed by atoms with Crippen LogP contribution in [0.1, 0.15) is 17.2 Å². The summed E-state index contributed by atoms with van der Waals surface area (Å²) in [6.07, 6.45) is 0. The Morgan fingerprint density at radius 3 is 2.20 bits per heavy atom. The van der Waals surface area contributed by atoms with Gasteiger partial charge in [-0.1, -0.05) is 36.4 Å². The van der Waals surface area contributed by atoms with Gasteiger partial charge in [0.25, 0.3) is 0 Å². The van der Waals surface area contributed by atoms with Crippen LogP contribution in [0.3, 0.4) is 0 Å². The standard InChI is InChI=1S/C16H18F2N2/c1-20(11-12-6-2-4-8-14(12)17)16(10-19)13-7-3-5-9-15(13)18/h2-9,16H,10-11,19H2,1H3. The normalized spacial score (nSPS) is 12.7. The summed E-state index contributed by atoms with van der Waals surface area (Å²) in [5.41, 5.74) is 6.87. The Kier molecular flexibility index (Phi) is 4.82. The molecule has 0 aromatic heterocycles. The second kappa shape index (κ2) is 6.59. The average molecular weight is 276 g/mol. The monoisotopic (exact) mass is 276 g/mol. The van der Waals surface area contributed by atoms with Gasteiger partial charge in [0.1, 0.15) is 11.6 Å². The summed E-state index contributed by atoms with van der Waals surface area (Å²) in [5, 5.41) is 0. The Bertz CT molecular complexity index is 572.